The molecule has 2 rings (SSSR count). The maximum Gasteiger partial charge on any atom is 0.261 e. The Kier molecular flexibility index (Phi) is 2.20. The molecule has 2 aromatic rings. The summed E-state index contributed by atoms with van der Waals surface area (Å²) in [6, 6.07) is 4.29. The van der Waals surface area contributed by atoms with Crippen LogP contribution in [0.25, 0.3) is 11.5 Å². The highest BCUT2D eigenvalue weighted by Gasteiger charge is 2.08. The summed E-state index contributed by atoms with van der Waals surface area (Å²) < 4.78 is 18.4. The predicted molar refractivity (Wildman–Crippen MR) is 51.8 cm³/mol. The molecule has 1 aromatic heterocycles. The molecule has 0 aliphatic heterocycles. The Morgan fingerprint density at radius 3 is 2.71 bits per heavy atom. The Balaban J connectivity index is 2.51. The molecule has 0 radical (unpaired) electrons. The van der Waals surface area contributed by atoms with Gasteiger partial charge in [-0.05, 0) is 23.4 Å². The highest BCUT2D eigenvalue weighted by Crippen LogP contribution is 2.23. The largest absolute Gasteiger partial charge is 0.365 e. The molecule has 0 amide bonds. The van der Waals surface area contributed by atoms with E-state index in [1.54, 1.807) is 6.07 Å². The molecule has 0 spiro atoms. The summed E-state index contributed by atoms with van der Waals surface area (Å²) in [6.07, 6.45) is 0. The fourth-order valence-electron chi connectivity index (χ4n) is 1.03. The third-order valence-corrected chi connectivity index (χ3v) is 2.01. The van der Waals surface area contributed by atoms with E-state index in [4.69, 9.17) is 10.3 Å². The van der Waals surface area contributed by atoms with E-state index in [9.17, 15) is 4.39 Å². The molecule has 0 aliphatic carbocycles. The Labute approximate surface area is 87.0 Å². The Hall–Kier alpha value is -1.43. The lowest BCUT2D eigenvalue weighted by atomic mass is 10.2. The van der Waals surface area contributed by atoms with Crippen molar-refractivity contribution in [1.29, 1.82) is 0 Å². The van der Waals surface area contributed by atoms with Crippen LogP contribution < -0.4 is 5.73 Å². The number of halogens is 2. The lowest BCUT2D eigenvalue weighted by Gasteiger charge is -1.95. The molecule has 14 heavy (non-hydrogen) atoms. The van der Waals surface area contributed by atoms with Crippen LogP contribution in [0, 0.1) is 5.82 Å². The average Bonchev–Trinajstić information content (AvgIpc) is 2.50. The van der Waals surface area contributed by atoms with Crippen molar-refractivity contribution in [2.45, 2.75) is 0 Å². The second-order valence-electron chi connectivity index (χ2n) is 2.62. The third kappa shape index (κ3) is 1.74. The summed E-state index contributed by atoms with van der Waals surface area (Å²) in [6.45, 7) is 0. The summed E-state index contributed by atoms with van der Waals surface area (Å²) in [5.74, 6) is -0.158. The second kappa shape index (κ2) is 3.38. The molecular formula is C8H5BrFN3O. The van der Waals surface area contributed by atoms with E-state index in [1.165, 1.54) is 12.1 Å². The number of hydrogen-bond donors (Lipinski definition) is 1. The van der Waals surface area contributed by atoms with E-state index < -0.39 is 0 Å². The van der Waals surface area contributed by atoms with Gasteiger partial charge in [-0.1, -0.05) is 15.9 Å². The molecule has 0 aliphatic rings. The van der Waals surface area contributed by atoms with E-state index in [-0.39, 0.29) is 17.7 Å². The Morgan fingerprint density at radius 1 is 1.36 bits per heavy atom. The summed E-state index contributed by atoms with van der Waals surface area (Å²) >= 11 is 3.16. The van der Waals surface area contributed by atoms with Crippen LogP contribution in [0.3, 0.4) is 0 Å². The smallest absolute Gasteiger partial charge is 0.261 e. The van der Waals surface area contributed by atoms with E-state index in [0.717, 1.165) is 0 Å². The van der Waals surface area contributed by atoms with Gasteiger partial charge in [-0.25, -0.2) is 4.39 Å². The van der Waals surface area contributed by atoms with Gasteiger partial charge in [0.2, 0.25) is 0 Å². The van der Waals surface area contributed by atoms with E-state index in [1.807, 2.05) is 0 Å². The van der Waals surface area contributed by atoms with Gasteiger partial charge in [0.25, 0.3) is 11.8 Å². The van der Waals surface area contributed by atoms with Gasteiger partial charge in [0.15, 0.2) is 0 Å². The number of nitrogens with two attached hydrogens (primary N) is 1. The predicted octanol–water partition coefficient (Wildman–Crippen LogP) is 2.22. The van der Waals surface area contributed by atoms with Crippen molar-refractivity contribution in [2.24, 2.45) is 0 Å². The molecule has 2 N–H and O–H groups in total. The Bertz CT molecular complexity index is 451. The Morgan fingerprint density at radius 2 is 2.14 bits per heavy atom. The minimum absolute atomic E-state index is 0.0281. The van der Waals surface area contributed by atoms with Gasteiger partial charge in [-0.2, -0.15) is 4.98 Å². The van der Waals surface area contributed by atoms with Gasteiger partial charge < -0.3 is 10.3 Å². The first kappa shape index (κ1) is 9.14. The first-order valence-electron chi connectivity index (χ1n) is 3.71. The van der Waals surface area contributed by atoms with Gasteiger partial charge in [0, 0.05) is 10.0 Å². The van der Waals surface area contributed by atoms with Gasteiger partial charge in [0.05, 0.1) is 0 Å². The molecule has 0 bridgehead atoms. The molecule has 72 valence electrons. The van der Waals surface area contributed by atoms with Crippen LogP contribution in [-0.4, -0.2) is 10.1 Å². The van der Waals surface area contributed by atoms with Gasteiger partial charge >= 0.3 is 0 Å². The van der Waals surface area contributed by atoms with Crippen molar-refractivity contribution in [3.8, 4) is 11.5 Å². The van der Waals surface area contributed by atoms with Crippen molar-refractivity contribution < 1.29 is 8.91 Å². The van der Waals surface area contributed by atoms with Crippen LogP contribution in [0.4, 0.5) is 10.3 Å². The number of benzene rings is 1. The van der Waals surface area contributed by atoms with Crippen molar-refractivity contribution in [1.82, 2.24) is 10.1 Å². The van der Waals surface area contributed by atoms with Crippen molar-refractivity contribution in [2.75, 3.05) is 5.73 Å². The number of nitrogen functional groups attached to an aromatic ring is 1. The maximum atomic E-state index is 13.0. The molecule has 0 fully saturated rings. The van der Waals surface area contributed by atoms with Crippen LogP contribution in [0.15, 0.2) is 27.2 Å². The topological polar surface area (TPSA) is 64.9 Å². The van der Waals surface area contributed by atoms with Gasteiger partial charge in [0.1, 0.15) is 5.82 Å². The standard InChI is InChI=1S/C8H5BrFN3O/c9-5-1-4(2-6(10)3-5)7-12-8(11)13-14-7/h1-3H,(H2,11,13). The molecule has 4 nitrogen and oxygen atoms in total. The fraction of sp³-hybridized carbons (Fsp3) is 0. The summed E-state index contributed by atoms with van der Waals surface area (Å²) in [4.78, 5) is 3.78. The second-order valence-corrected chi connectivity index (χ2v) is 3.53. The molecule has 1 aromatic carbocycles. The molecule has 0 atom stereocenters. The number of hydrogen-bond acceptors (Lipinski definition) is 4. The zero-order valence-electron chi connectivity index (χ0n) is 6.87. The van der Waals surface area contributed by atoms with Crippen molar-refractivity contribution >= 4 is 21.9 Å². The monoisotopic (exact) mass is 257 g/mol. The maximum absolute atomic E-state index is 13.0. The van der Waals surface area contributed by atoms with E-state index in [2.05, 4.69) is 26.1 Å². The van der Waals surface area contributed by atoms with E-state index >= 15 is 0 Å². The molecule has 0 unspecified atom stereocenters. The number of aromatic nitrogens is 2. The number of anilines is 1. The first-order valence-corrected chi connectivity index (χ1v) is 4.50. The van der Waals surface area contributed by atoms with Gasteiger partial charge in [-0.15, -0.1) is 0 Å². The normalized spacial score (nSPS) is 10.4. The molecule has 0 saturated carbocycles. The van der Waals surface area contributed by atoms with Crippen LogP contribution in [0.5, 0.6) is 0 Å². The summed E-state index contributed by atoms with van der Waals surface area (Å²) in [5.41, 5.74) is 5.76. The number of nitrogens with zero attached hydrogens (tertiary/aromatic N) is 2. The lowest BCUT2D eigenvalue weighted by molar-refractivity contribution is 0.432. The van der Waals surface area contributed by atoms with Crippen molar-refractivity contribution in [3.63, 3.8) is 0 Å². The fourth-order valence-corrected chi connectivity index (χ4v) is 1.49. The van der Waals surface area contributed by atoms with Crippen LogP contribution >= 0.6 is 15.9 Å². The summed E-state index contributed by atoms with van der Waals surface area (Å²) in [7, 11) is 0. The minimum Gasteiger partial charge on any atom is -0.365 e. The van der Waals surface area contributed by atoms with Crippen LogP contribution in [0.2, 0.25) is 0 Å². The zero-order valence-corrected chi connectivity index (χ0v) is 8.45. The zero-order chi connectivity index (χ0) is 10.1. The highest BCUT2D eigenvalue weighted by atomic mass is 79.9. The molecule has 1 heterocycles. The van der Waals surface area contributed by atoms with Crippen LogP contribution in [-0.2, 0) is 0 Å². The average molecular weight is 258 g/mol. The van der Waals surface area contributed by atoms with Crippen LogP contribution in [0.1, 0.15) is 0 Å². The highest BCUT2D eigenvalue weighted by molar-refractivity contribution is 9.10. The summed E-state index contributed by atoms with van der Waals surface area (Å²) in [5, 5.41) is 3.41. The van der Waals surface area contributed by atoms with Crippen molar-refractivity contribution in [3.05, 3.63) is 28.5 Å². The SMILES string of the molecule is Nc1noc(-c2cc(F)cc(Br)c2)n1. The quantitative estimate of drug-likeness (QED) is 0.851. The molecule has 6 heteroatoms. The minimum atomic E-state index is -0.383. The third-order valence-electron chi connectivity index (χ3n) is 1.55. The molecular weight excluding hydrogens is 253 g/mol. The first-order chi connectivity index (χ1) is 6.65. The number of rotatable bonds is 1. The van der Waals surface area contributed by atoms with Gasteiger partial charge in [-0.3, -0.25) is 0 Å². The lowest BCUT2D eigenvalue weighted by Crippen LogP contribution is -1.86. The van der Waals surface area contributed by atoms with E-state index in [0.29, 0.717) is 10.0 Å². The molecule has 0 saturated heterocycles.